The van der Waals surface area contributed by atoms with Crippen molar-refractivity contribution in [2.24, 2.45) is 7.05 Å². The maximum atomic E-state index is 10.2. The van der Waals surface area contributed by atoms with Gasteiger partial charge in [0.2, 0.25) is 5.69 Å². The largest absolute Gasteiger partial charge is 0.454 e. The molecule has 0 fully saturated rings. The van der Waals surface area contributed by atoms with Gasteiger partial charge in [-0.15, -0.1) is 0 Å². The number of furan rings is 1. The van der Waals surface area contributed by atoms with Crippen molar-refractivity contribution in [3.8, 4) is 39.6 Å². The van der Waals surface area contributed by atoms with Gasteiger partial charge in [0.1, 0.15) is 24.3 Å². The molecule has 0 amide bonds. The highest BCUT2D eigenvalue weighted by atomic mass is 16.3. The predicted molar refractivity (Wildman–Crippen MR) is 141 cm³/mol. The molecule has 0 saturated carbocycles. The van der Waals surface area contributed by atoms with Gasteiger partial charge < -0.3 is 4.42 Å². The monoisotopic (exact) mass is 451 g/mol. The second-order valence-corrected chi connectivity index (χ2v) is 8.85. The average molecular weight is 452 g/mol. The molecule has 0 N–H and O–H groups in total. The third kappa shape index (κ3) is 3.39. The van der Waals surface area contributed by atoms with E-state index in [-0.39, 0.29) is 0 Å². The summed E-state index contributed by atoms with van der Waals surface area (Å²) in [6.07, 6.45) is 2.04. The van der Waals surface area contributed by atoms with Crippen LogP contribution >= 0.6 is 0 Å². The lowest BCUT2D eigenvalue weighted by molar-refractivity contribution is -0.660. The number of aromatic nitrogens is 1. The molecule has 0 aliphatic heterocycles. The summed E-state index contributed by atoms with van der Waals surface area (Å²) in [7, 11) is 2.04. The van der Waals surface area contributed by atoms with E-state index in [1.165, 1.54) is 5.56 Å². The Labute approximate surface area is 204 Å². The lowest BCUT2D eigenvalue weighted by atomic mass is 9.95. The van der Waals surface area contributed by atoms with Gasteiger partial charge in [-0.1, -0.05) is 72.8 Å². The van der Waals surface area contributed by atoms with Crippen LogP contribution in [-0.4, -0.2) is 0 Å². The summed E-state index contributed by atoms with van der Waals surface area (Å²) < 4.78 is 8.61. The topological polar surface area (TPSA) is 40.8 Å². The SMILES string of the molecule is Cc1ccc2c(oc3c(C#N)c(-c4ccc(-c5ccccc5)cc4)ccc32)c1-c1cccc[n+]1C. The molecule has 6 aromatic rings. The van der Waals surface area contributed by atoms with Gasteiger partial charge in [-0.05, 0) is 41.3 Å². The smallest absolute Gasteiger partial charge is 0.216 e. The number of pyridine rings is 1. The molecule has 4 aromatic carbocycles. The quantitative estimate of drug-likeness (QED) is 0.260. The zero-order valence-corrected chi connectivity index (χ0v) is 19.6. The number of hydrogen-bond donors (Lipinski definition) is 0. The molecule has 3 heteroatoms. The van der Waals surface area contributed by atoms with E-state index in [0.717, 1.165) is 49.9 Å². The lowest BCUT2D eigenvalue weighted by Gasteiger charge is -2.07. The van der Waals surface area contributed by atoms with E-state index < -0.39 is 0 Å². The molecule has 0 atom stereocenters. The van der Waals surface area contributed by atoms with Crippen LogP contribution in [0, 0.1) is 18.3 Å². The molecule has 0 spiro atoms. The van der Waals surface area contributed by atoms with E-state index in [4.69, 9.17) is 4.42 Å². The highest BCUT2D eigenvalue weighted by Crippen LogP contribution is 2.40. The first-order chi connectivity index (χ1) is 17.2. The van der Waals surface area contributed by atoms with Crippen molar-refractivity contribution in [2.75, 3.05) is 0 Å². The molecule has 166 valence electrons. The summed E-state index contributed by atoms with van der Waals surface area (Å²) in [6, 6.07) is 35.6. The first kappa shape index (κ1) is 20.9. The Bertz CT molecular complexity index is 1750. The van der Waals surface area contributed by atoms with Crippen molar-refractivity contribution < 1.29 is 8.98 Å². The van der Waals surface area contributed by atoms with Crippen LogP contribution in [0.5, 0.6) is 0 Å². The van der Waals surface area contributed by atoms with Crippen LogP contribution in [0.25, 0.3) is 55.4 Å². The molecule has 0 saturated heterocycles. The van der Waals surface area contributed by atoms with Crippen molar-refractivity contribution >= 4 is 21.9 Å². The number of fused-ring (bicyclic) bond motifs is 3. The number of nitrogens with zero attached hydrogens (tertiary/aromatic N) is 2. The van der Waals surface area contributed by atoms with Crippen LogP contribution in [-0.2, 0) is 7.05 Å². The van der Waals surface area contributed by atoms with E-state index in [1.54, 1.807) is 0 Å². The Balaban J connectivity index is 1.55. The Morgan fingerprint density at radius 3 is 2.09 bits per heavy atom. The van der Waals surface area contributed by atoms with Crippen molar-refractivity contribution in [1.29, 1.82) is 5.26 Å². The summed E-state index contributed by atoms with van der Waals surface area (Å²) in [5.41, 5.74) is 9.46. The normalized spacial score (nSPS) is 11.1. The van der Waals surface area contributed by atoms with Gasteiger partial charge in [-0.3, -0.25) is 0 Å². The van der Waals surface area contributed by atoms with Gasteiger partial charge in [-0.2, -0.15) is 5.26 Å². The summed E-state index contributed by atoms with van der Waals surface area (Å²) in [6.45, 7) is 2.10. The zero-order valence-electron chi connectivity index (χ0n) is 19.6. The van der Waals surface area contributed by atoms with E-state index in [2.05, 4.69) is 78.2 Å². The third-order valence-electron chi connectivity index (χ3n) is 6.74. The summed E-state index contributed by atoms with van der Waals surface area (Å²) >= 11 is 0. The first-order valence-electron chi connectivity index (χ1n) is 11.7. The zero-order chi connectivity index (χ0) is 23.9. The lowest BCUT2D eigenvalue weighted by Crippen LogP contribution is -2.30. The maximum Gasteiger partial charge on any atom is 0.216 e. The fraction of sp³-hybridized carbons (Fsp3) is 0.0625. The molecular formula is C32H23N2O+. The number of benzene rings is 4. The van der Waals surface area contributed by atoms with Gasteiger partial charge >= 0.3 is 0 Å². The molecule has 0 aliphatic carbocycles. The van der Waals surface area contributed by atoms with Crippen LogP contribution in [0.1, 0.15) is 11.1 Å². The highest BCUT2D eigenvalue weighted by Gasteiger charge is 2.22. The molecule has 0 aliphatic rings. The predicted octanol–water partition coefficient (Wildman–Crippen LogP) is 7.59. The van der Waals surface area contributed by atoms with Crippen molar-refractivity contribution in [3.63, 3.8) is 0 Å². The van der Waals surface area contributed by atoms with Gasteiger partial charge in [0.15, 0.2) is 11.8 Å². The minimum absolute atomic E-state index is 0.562. The van der Waals surface area contributed by atoms with Crippen LogP contribution in [0.2, 0.25) is 0 Å². The van der Waals surface area contributed by atoms with Crippen LogP contribution in [0.15, 0.2) is 108 Å². The standard InChI is InChI=1S/C32H23N2O/c1-21-11-16-27-26-18-17-25(24-14-12-23(13-15-24)22-8-4-3-5-9-22)28(20-33)31(26)35-32(27)30(21)29-10-6-7-19-34(29)2/h3-19H,1-2H3/q+1. The molecular weight excluding hydrogens is 428 g/mol. The van der Waals surface area contributed by atoms with Gasteiger partial charge in [0.05, 0.1) is 5.56 Å². The summed E-state index contributed by atoms with van der Waals surface area (Å²) in [5.74, 6) is 0. The van der Waals surface area contributed by atoms with E-state index >= 15 is 0 Å². The molecule has 0 unspecified atom stereocenters. The van der Waals surface area contributed by atoms with Crippen molar-refractivity contribution in [3.05, 3.63) is 114 Å². The van der Waals surface area contributed by atoms with E-state index in [0.29, 0.717) is 11.1 Å². The van der Waals surface area contributed by atoms with Crippen LogP contribution < -0.4 is 4.57 Å². The average Bonchev–Trinajstić information content (AvgIpc) is 3.28. The van der Waals surface area contributed by atoms with E-state index in [9.17, 15) is 5.26 Å². The Hall–Kier alpha value is -4.68. The molecule has 6 rings (SSSR count). The second kappa shape index (κ2) is 8.27. The van der Waals surface area contributed by atoms with Crippen molar-refractivity contribution in [1.82, 2.24) is 0 Å². The minimum Gasteiger partial charge on any atom is -0.454 e. The molecule has 3 nitrogen and oxygen atoms in total. The number of rotatable bonds is 3. The van der Waals surface area contributed by atoms with E-state index in [1.807, 2.05) is 49.6 Å². The minimum atomic E-state index is 0.562. The fourth-order valence-corrected chi connectivity index (χ4v) is 4.93. The molecule has 0 bridgehead atoms. The van der Waals surface area contributed by atoms with Gasteiger partial charge in [0.25, 0.3) is 0 Å². The first-order valence-corrected chi connectivity index (χ1v) is 11.7. The fourth-order valence-electron chi connectivity index (χ4n) is 4.93. The number of nitriles is 1. The number of aryl methyl sites for hydroxylation is 2. The summed E-state index contributed by atoms with van der Waals surface area (Å²) in [4.78, 5) is 0. The third-order valence-corrected chi connectivity index (χ3v) is 6.74. The summed E-state index contributed by atoms with van der Waals surface area (Å²) in [5, 5.41) is 12.2. The molecule has 0 radical (unpaired) electrons. The van der Waals surface area contributed by atoms with Crippen LogP contribution in [0.3, 0.4) is 0 Å². The molecule has 2 aromatic heterocycles. The Kier molecular flexibility index (Phi) is 4.94. The molecule has 35 heavy (non-hydrogen) atoms. The van der Waals surface area contributed by atoms with Crippen LogP contribution in [0.4, 0.5) is 0 Å². The Morgan fingerprint density at radius 1 is 0.686 bits per heavy atom. The Morgan fingerprint density at radius 2 is 1.34 bits per heavy atom. The van der Waals surface area contributed by atoms with Crippen molar-refractivity contribution in [2.45, 2.75) is 6.92 Å². The van der Waals surface area contributed by atoms with Gasteiger partial charge in [-0.25, -0.2) is 4.57 Å². The second-order valence-electron chi connectivity index (χ2n) is 8.85. The molecule has 2 heterocycles. The highest BCUT2D eigenvalue weighted by molar-refractivity contribution is 6.12. The number of hydrogen-bond acceptors (Lipinski definition) is 2. The maximum absolute atomic E-state index is 10.2. The van der Waals surface area contributed by atoms with Gasteiger partial charge in [0, 0.05) is 28.5 Å².